The van der Waals surface area contributed by atoms with Crippen molar-refractivity contribution in [2.24, 2.45) is 0 Å². The number of ketones is 1. The van der Waals surface area contributed by atoms with E-state index in [0.717, 1.165) is 30.0 Å². The molecule has 0 aromatic carbocycles. The zero-order valence-electron chi connectivity index (χ0n) is 13.7. The van der Waals surface area contributed by atoms with Gasteiger partial charge in [-0.2, -0.15) is 0 Å². The normalized spacial score (nSPS) is 23.0. The topological polar surface area (TPSA) is 39.7 Å². The molecule has 2 fully saturated rings. The number of aromatic nitrogens is 1. The number of carbonyl (C=O) groups is 1. The number of pyridine rings is 1. The Kier molecular flexibility index (Phi) is 3.91. The lowest BCUT2D eigenvalue weighted by Gasteiger charge is -2.49. The summed E-state index contributed by atoms with van der Waals surface area (Å²) in [5, 5.41) is 0. The summed E-state index contributed by atoms with van der Waals surface area (Å²) in [6, 6.07) is 2.82. The van der Waals surface area contributed by atoms with Crippen LogP contribution in [0.3, 0.4) is 0 Å². The molecule has 23 heavy (non-hydrogen) atoms. The average molecular weight is 312 g/mol. The number of piperazine rings is 1. The molecule has 0 bridgehead atoms. The van der Waals surface area contributed by atoms with Gasteiger partial charge in [-0.05, 0) is 30.3 Å². The molecule has 2 saturated heterocycles. The number of hydrogen-bond acceptors (Lipinski definition) is 5. The Bertz CT molecular complexity index is 628. The highest BCUT2D eigenvalue weighted by molar-refractivity contribution is 5.98. The van der Waals surface area contributed by atoms with Gasteiger partial charge in [-0.3, -0.25) is 14.7 Å². The molecule has 5 heteroatoms. The van der Waals surface area contributed by atoms with E-state index in [-0.39, 0.29) is 5.78 Å². The number of hydrogen-bond donors (Lipinski definition) is 0. The first-order chi connectivity index (χ1) is 11.2. The van der Waals surface area contributed by atoms with Crippen LogP contribution in [0.5, 0.6) is 0 Å². The summed E-state index contributed by atoms with van der Waals surface area (Å²) in [5.74, 6) is 0.173. The lowest BCUT2D eigenvalue weighted by Crippen LogP contribution is -2.63. The Balaban J connectivity index is 1.36. The number of carbonyl (C=O) groups excluding carboxylic acids is 1. The molecule has 0 atom stereocenters. The van der Waals surface area contributed by atoms with Crippen molar-refractivity contribution in [1.82, 2.24) is 14.8 Å². The molecule has 0 unspecified atom stereocenters. The lowest BCUT2D eigenvalue weighted by atomic mass is 9.99. The van der Waals surface area contributed by atoms with Gasteiger partial charge in [0.2, 0.25) is 0 Å². The SMILES string of the molecule is CCN1CCN(C2CN(c3cnc4c(c3)CC(=O)C=C4)C2)CC1. The van der Waals surface area contributed by atoms with E-state index in [2.05, 4.69) is 32.7 Å². The first-order valence-electron chi connectivity index (χ1n) is 8.64. The zero-order chi connectivity index (χ0) is 15.8. The molecule has 1 aromatic heterocycles. The van der Waals surface area contributed by atoms with Gasteiger partial charge in [-0.15, -0.1) is 0 Å². The van der Waals surface area contributed by atoms with Gasteiger partial charge < -0.3 is 9.80 Å². The van der Waals surface area contributed by atoms with Crippen molar-refractivity contribution < 1.29 is 4.79 Å². The molecule has 122 valence electrons. The fourth-order valence-corrected chi connectivity index (χ4v) is 3.73. The van der Waals surface area contributed by atoms with Crippen LogP contribution in [0, 0.1) is 0 Å². The van der Waals surface area contributed by atoms with Crippen molar-refractivity contribution >= 4 is 17.5 Å². The first-order valence-corrected chi connectivity index (χ1v) is 8.64. The fraction of sp³-hybridized carbons (Fsp3) is 0.556. The molecule has 4 rings (SSSR count). The second kappa shape index (κ2) is 6.06. The number of nitrogens with zero attached hydrogens (tertiary/aromatic N) is 4. The van der Waals surface area contributed by atoms with Gasteiger partial charge in [0.25, 0.3) is 0 Å². The summed E-state index contributed by atoms with van der Waals surface area (Å²) in [6.45, 7) is 10.3. The molecule has 0 amide bonds. The van der Waals surface area contributed by atoms with E-state index < -0.39 is 0 Å². The van der Waals surface area contributed by atoms with E-state index in [9.17, 15) is 4.79 Å². The van der Waals surface area contributed by atoms with Crippen LogP contribution in [-0.2, 0) is 11.2 Å². The molecular formula is C18H24N4O. The highest BCUT2D eigenvalue weighted by Crippen LogP contribution is 2.27. The van der Waals surface area contributed by atoms with Crippen molar-refractivity contribution in [1.29, 1.82) is 0 Å². The molecule has 3 heterocycles. The van der Waals surface area contributed by atoms with Crippen molar-refractivity contribution in [3.05, 3.63) is 29.6 Å². The van der Waals surface area contributed by atoms with Gasteiger partial charge in [0, 0.05) is 51.7 Å². The smallest absolute Gasteiger partial charge is 0.160 e. The van der Waals surface area contributed by atoms with Crippen LogP contribution in [-0.4, -0.2) is 72.4 Å². The van der Waals surface area contributed by atoms with Gasteiger partial charge in [0.15, 0.2) is 5.78 Å². The van der Waals surface area contributed by atoms with E-state index in [0.29, 0.717) is 12.5 Å². The second-order valence-corrected chi connectivity index (χ2v) is 6.74. The van der Waals surface area contributed by atoms with Gasteiger partial charge >= 0.3 is 0 Å². The van der Waals surface area contributed by atoms with Crippen LogP contribution >= 0.6 is 0 Å². The summed E-state index contributed by atoms with van der Waals surface area (Å²) in [7, 11) is 0. The number of anilines is 1. The molecule has 1 aromatic rings. The molecule has 0 N–H and O–H groups in total. The molecular weight excluding hydrogens is 288 g/mol. The third-order valence-electron chi connectivity index (χ3n) is 5.38. The van der Waals surface area contributed by atoms with Crippen LogP contribution in [0.2, 0.25) is 0 Å². The minimum atomic E-state index is 0.173. The summed E-state index contributed by atoms with van der Waals surface area (Å²) >= 11 is 0. The third kappa shape index (κ3) is 2.91. The fourth-order valence-electron chi connectivity index (χ4n) is 3.73. The van der Waals surface area contributed by atoms with Crippen molar-refractivity contribution in [3.63, 3.8) is 0 Å². The highest BCUT2D eigenvalue weighted by Gasteiger charge is 2.33. The standard InChI is InChI=1S/C18H24N4O/c1-2-20-5-7-21(8-6-20)16-12-22(13-16)15-9-14-10-17(23)3-4-18(14)19-11-15/h3-4,9,11,16H,2,5-8,10,12-13H2,1H3. The number of allylic oxidation sites excluding steroid dienone is 1. The third-order valence-corrected chi connectivity index (χ3v) is 5.38. The monoisotopic (exact) mass is 312 g/mol. The number of likely N-dealkylation sites (N-methyl/N-ethyl adjacent to an activating group) is 1. The van der Waals surface area contributed by atoms with Crippen LogP contribution in [0.4, 0.5) is 5.69 Å². The summed E-state index contributed by atoms with van der Waals surface area (Å²) < 4.78 is 0. The predicted octanol–water partition coefficient (Wildman–Crippen LogP) is 1.05. The van der Waals surface area contributed by atoms with Gasteiger partial charge in [-0.25, -0.2) is 0 Å². The van der Waals surface area contributed by atoms with Crippen molar-refractivity contribution in [2.75, 3.05) is 50.7 Å². The maximum atomic E-state index is 11.6. The zero-order valence-corrected chi connectivity index (χ0v) is 13.7. The van der Waals surface area contributed by atoms with E-state index in [1.807, 2.05) is 12.3 Å². The van der Waals surface area contributed by atoms with Crippen molar-refractivity contribution in [3.8, 4) is 0 Å². The minimum absolute atomic E-state index is 0.173. The maximum Gasteiger partial charge on any atom is 0.160 e. The summed E-state index contributed by atoms with van der Waals surface area (Å²) in [6.07, 6.45) is 5.90. The largest absolute Gasteiger partial charge is 0.367 e. The quantitative estimate of drug-likeness (QED) is 0.834. The van der Waals surface area contributed by atoms with Crippen LogP contribution in [0.1, 0.15) is 18.2 Å². The molecule has 2 aliphatic heterocycles. The molecule has 0 saturated carbocycles. The average Bonchev–Trinajstić information content (AvgIpc) is 2.54. The molecule has 0 spiro atoms. The minimum Gasteiger partial charge on any atom is -0.367 e. The Hall–Kier alpha value is -1.72. The lowest BCUT2D eigenvalue weighted by molar-refractivity contribution is -0.114. The number of fused-ring (bicyclic) bond motifs is 1. The summed E-state index contributed by atoms with van der Waals surface area (Å²) in [5.41, 5.74) is 3.17. The maximum absolute atomic E-state index is 11.6. The second-order valence-electron chi connectivity index (χ2n) is 6.74. The first kappa shape index (κ1) is 14.8. The van der Waals surface area contributed by atoms with Crippen LogP contribution in [0.15, 0.2) is 18.3 Å². The van der Waals surface area contributed by atoms with Gasteiger partial charge in [0.1, 0.15) is 0 Å². The van der Waals surface area contributed by atoms with Gasteiger partial charge in [-0.1, -0.05) is 6.92 Å². The van der Waals surface area contributed by atoms with Crippen LogP contribution in [0.25, 0.3) is 6.08 Å². The predicted molar refractivity (Wildman–Crippen MR) is 91.7 cm³/mol. The van der Waals surface area contributed by atoms with E-state index >= 15 is 0 Å². The van der Waals surface area contributed by atoms with Crippen molar-refractivity contribution in [2.45, 2.75) is 19.4 Å². The van der Waals surface area contributed by atoms with Gasteiger partial charge in [0.05, 0.1) is 17.6 Å². The Morgan fingerprint density at radius 2 is 1.96 bits per heavy atom. The number of rotatable bonds is 3. The Labute approximate surface area is 137 Å². The molecule has 0 radical (unpaired) electrons. The Morgan fingerprint density at radius 1 is 1.17 bits per heavy atom. The van der Waals surface area contributed by atoms with E-state index in [1.165, 1.54) is 32.7 Å². The molecule has 1 aliphatic carbocycles. The summed E-state index contributed by atoms with van der Waals surface area (Å²) in [4.78, 5) is 23.6. The molecule has 5 nitrogen and oxygen atoms in total. The molecule has 3 aliphatic rings. The van der Waals surface area contributed by atoms with Crippen LogP contribution < -0.4 is 4.90 Å². The van der Waals surface area contributed by atoms with E-state index in [4.69, 9.17) is 0 Å². The Morgan fingerprint density at radius 3 is 2.70 bits per heavy atom. The highest BCUT2D eigenvalue weighted by atomic mass is 16.1. The van der Waals surface area contributed by atoms with E-state index in [1.54, 1.807) is 6.08 Å².